The summed E-state index contributed by atoms with van der Waals surface area (Å²) in [4.78, 5) is 4.21. The molecule has 2 aliphatic rings. The van der Waals surface area contributed by atoms with Crippen molar-refractivity contribution in [1.82, 2.24) is 4.98 Å². The zero-order chi connectivity index (χ0) is 13.7. The molecule has 19 heavy (non-hydrogen) atoms. The van der Waals surface area contributed by atoms with Gasteiger partial charge in [0.25, 0.3) is 0 Å². The van der Waals surface area contributed by atoms with Crippen LogP contribution in [-0.4, -0.2) is 11.1 Å². The fourth-order valence-corrected chi connectivity index (χ4v) is 4.22. The molecule has 2 bridgehead atoms. The summed E-state index contributed by atoms with van der Waals surface area (Å²) in [6.07, 6.45) is 5.93. The summed E-state index contributed by atoms with van der Waals surface area (Å²) in [7, 11) is 0. The predicted molar refractivity (Wildman–Crippen MR) is 77.4 cm³/mol. The first-order valence-corrected chi connectivity index (χ1v) is 7.68. The van der Waals surface area contributed by atoms with Gasteiger partial charge in [-0.25, -0.2) is 0 Å². The van der Waals surface area contributed by atoms with Crippen LogP contribution in [0.4, 0.5) is 0 Å². The van der Waals surface area contributed by atoms with Crippen molar-refractivity contribution in [2.24, 2.45) is 16.7 Å². The lowest BCUT2D eigenvalue weighted by Crippen LogP contribution is -2.38. The second-order valence-electron chi connectivity index (χ2n) is 6.83. The van der Waals surface area contributed by atoms with E-state index < -0.39 is 0 Å². The molecule has 2 aliphatic carbocycles. The van der Waals surface area contributed by atoms with Gasteiger partial charge in [-0.1, -0.05) is 20.8 Å². The van der Waals surface area contributed by atoms with Crippen LogP contribution in [0.3, 0.4) is 0 Å². The Bertz CT molecular complexity index is 487. The molecule has 0 amide bonds. The van der Waals surface area contributed by atoms with Crippen LogP contribution in [-0.2, 0) is 5.88 Å². The minimum absolute atomic E-state index is 0.294. The van der Waals surface area contributed by atoms with E-state index in [1.54, 1.807) is 6.20 Å². The van der Waals surface area contributed by atoms with Crippen molar-refractivity contribution in [3.8, 4) is 5.75 Å². The number of hydrogen-bond donors (Lipinski definition) is 0. The number of pyridine rings is 1. The molecule has 3 rings (SSSR count). The number of ether oxygens (including phenoxy) is 1. The first-order valence-electron chi connectivity index (χ1n) is 7.15. The minimum atomic E-state index is 0.294. The van der Waals surface area contributed by atoms with Gasteiger partial charge >= 0.3 is 0 Å². The summed E-state index contributed by atoms with van der Waals surface area (Å²) < 4.78 is 6.29. The van der Waals surface area contributed by atoms with Gasteiger partial charge in [0.2, 0.25) is 0 Å². The maximum absolute atomic E-state index is 6.29. The fourth-order valence-electron chi connectivity index (χ4n) is 4.08. The lowest BCUT2D eigenvalue weighted by molar-refractivity contribution is 0.0301. The molecule has 3 heteroatoms. The Hall–Kier alpha value is -0.760. The van der Waals surface area contributed by atoms with Gasteiger partial charge in [-0.2, -0.15) is 0 Å². The summed E-state index contributed by atoms with van der Waals surface area (Å²) in [5.41, 5.74) is 1.56. The summed E-state index contributed by atoms with van der Waals surface area (Å²) in [5.74, 6) is 2.16. The Kier molecular flexibility index (Phi) is 3.05. The molecule has 1 heterocycles. The topological polar surface area (TPSA) is 22.1 Å². The van der Waals surface area contributed by atoms with Gasteiger partial charge in [0.1, 0.15) is 11.9 Å². The number of alkyl halides is 1. The number of rotatable bonds is 3. The molecule has 104 valence electrons. The molecule has 0 spiro atoms. The first kappa shape index (κ1) is 13.2. The van der Waals surface area contributed by atoms with E-state index in [-0.39, 0.29) is 0 Å². The standard InChI is InChI=1S/C16H22ClNO/c1-15(2)11-4-6-16(15,3)14(8-11)19-13-5-7-18-12(9-13)10-17/h5,7,9,11,14H,4,6,8,10H2,1-3H3. The average Bonchev–Trinajstić information content (AvgIpc) is 2.72. The van der Waals surface area contributed by atoms with E-state index in [4.69, 9.17) is 16.3 Å². The van der Waals surface area contributed by atoms with E-state index in [1.165, 1.54) is 19.3 Å². The number of halogens is 1. The van der Waals surface area contributed by atoms with Crippen LogP contribution < -0.4 is 4.74 Å². The van der Waals surface area contributed by atoms with Gasteiger partial charge in [-0.05, 0) is 36.7 Å². The maximum Gasteiger partial charge on any atom is 0.123 e. The molecule has 0 N–H and O–H groups in total. The molecule has 0 aromatic carbocycles. The highest BCUT2D eigenvalue weighted by Gasteiger charge is 2.62. The molecule has 0 radical (unpaired) electrons. The Morgan fingerprint density at radius 3 is 2.79 bits per heavy atom. The van der Waals surface area contributed by atoms with Crippen LogP contribution in [0.2, 0.25) is 0 Å². The van der Waals surface area contributed by atoms with Gasteiger partial charge in [0.05, 0.1) is 11.6 Å². The third kappa shape index (κ3) is 1.87. The van der Waals surface area contributed by atoms with Crippen LogP contribution in [0.1, 0.15) is 45.7 Å². The summed E-state index contributed by atoms with van der Waals surface area (Å²) >= 11 is 5.83. The Morgan fingerprint density at radius 1 is 1.42 bits per heavy atom. The monoisotopic (exact) mass is 279 g/mol. The van der Waals surface area contributed by atoms with E-state index in [0.29, 0.717) is 22.8 Å². The van der Waals surface area contributed by atoms with Crippen molar-refractivity contribution >= 4 is 11.6 Å². The van der Waals surface area contributed by atoms with Crippen molar-refractivity contribution in [1.29, 1.82) is 0 Å². The third-order valence-electron chi connectivity index (χ3n) is 5.92. The van der Waals surface area contributed by atoms with Gasteiger partial charge < -0.3 is 4.74 Å². The van der Waals surface area contributed by atoms with Crippen molar-refractivity contribution in [2.45, 2.75) is 52.0 Å². The Balaban J connectivity index is 1.82. The second-order valence-corrected chi connectivity index (χ2v) is 7.10. The van der Waals surface area contributed by atoms with Crippen molar-refractivity contribution in [3.63, 3.8) is 0 Å². The number of fused-ring (bicyclic) bond motifs is 2. The number of nitrogens with zero attached hydrogens (tertiary/aromatic N) is 1. The average molecular weight is 280 g/mol. The first-order chi connectivity index (χ1) is 8.97. The molecular formula is C16H22ClNO. The highest BCUT2D eigenvalue weighted by molar-refractivity contribution is 6.16. The summed E-state index contributed by atoms with van der Waals surface area (Å²) in [6, 6.07) is 3.91. The van der Waals surface area contributed by atoms with E-state index in [1.807, 2.05) is 12.1 Å². The quantitative estimate of drug-likeness (QED) is 0.765. The Morgan fingerprint density at radius 2 is 2.21 bits per heavy atom. The van der Waals surface area contributed by atoms with E-state index in [0.717, 1.165) is 17.4 Å². The van der Waals surface area contributed by atoms with Gasteiger partial charge in [-0.3, -0.25) is 4.98 Å². The highest BCUT2D eigenvalue weighted by Crippen LogP contribution is 2.66. The second kappa shape index (κ2) is 4.37. The lowest BCUT2D eigenvalue weighted by Gasteiger charge is -2.38. The third-order valence-corrected chi connectivity index (χ3v) is 6.19. The van der Waals surface area contributed by atoms with Crippen molar-refractivity contribution in [2.75, 3.05) is 0 Å². The number of aromatic nitrogens is 1. The largest absolute Gasteiger partial charge is 0.490 e. The van der Waals surface area contributed by atoms with Gasteiger partial charge in [0, 0.05) is 17.7 Å². The molecular weight excluding hydrogens is 258 g/mol. The van der Waals surface area contributed by atoms with E-state index >= 15 is 0 Å². The molecule has 1 aromatic heterocycles. The van der Waals surface area contributed by atoms with E-state index in [2.05, 4.69) is 25.8 Å². The number of hydrogen-bond acceptors (Lipinski definition) is 2. The molecule has 3 unspecified atom stereocenters. The molecule has 1 aromatic rings. The van der Waals surface area contributed by atoms with Crippen LogP contribution in [0.15, 0.2) is 18.3 Å². The van der Waals surface area contributed by atoms with Crippen LogP contribution in [0.25, 0.3) is 0 Å². The normalized spacial score (nSPS) is 35.6. The molecule has 2 saturated carbocycles. The van der Waals surface area contributed by atoms with Crippen LogP contribution in [0.5, 0.6) is 5.75 Å². The van der Waals surface area contributed by atoms with Crippen molar-refractivity contribution in [3.05, 3.63) is 24.0 Å². The Labute approximate surface area is 120 Å². The molecule has 2 nitrogen and oxygen atoms in total. The summed E-state index contributed by atoms with van der Waals surface area (Å²) in [6.45, 7) is 7.21. The van der Waals surface area contributed by atoms with Crippen molar-refractivity contribution < 1.29 is 4.74 Å². The van der Waals surface area contributed by atoms with Gasteiger partial charge in [0.15, 0.2) is 0 Å². The zero-order valence-electron chi connectivity index (χ0n) is 11.9. The molecule has 3 atom stereocenters. The minimum Gasteiger partial charge on any atom is -0.490 e. The maximum atomic E-state index is 6.29. The molecule has 0 saturated heterocycles. The smallest absolute Gasteiger partial charge is 0.123 e. The van der Waals surface area contributed by atoms with Crippen LogP contribution in [0, 0.1) is 16.7 Å². The van der Waals surface area contributed by atoms with Gasteiger partial charge in [-0.15, -0.1) is 11.6 Å². The summed E-state index contributed by atoms with van der Waals surface area (Å²) in [5, 5.41) is 0. The highest BCUT2D eigenvalue weighted by atomic mass is 35.5. The predicted octanol–water partition coefficient (Wildman–Crippen LogP) is 4.41. The molecule has 0 aliphatic heterocycles. The van der Waals surface area contributed by atoms with E-state index in [9.17, 15) is 0 Å². The fraction of sp³-hybridized carbons (Fsp3) is 0.688. The van der Waals surface area contributed by atoms with Crippen LogP contribution >= 0.6 is 11.6 Å². The zero-order valence-corrected chi connectivity index (χ0v) is 12.7. The SMILES string of the molecule is CC1(C)C2CCC1(C)C(Oc1ccnc(CCl)c1)C2. The molecule has 2 fully saturated rings. The lowest BCUT2D eigenvalue weighted by atomic mass is 9.70.